The lowest BCUT2D eigenvalue weighted by Crippen LogP contribution is -2.23. The number of benzene rings is 3. The van der Waals surface area contributed by atoms with E-state index < -0.39 is 6.10 Å². The molecule has 1 amide bonds. The Bertz CT molecular complexity index is 1080. The summed E-state index contributed by atoms with van der Waals surface area (Å²) in [7, 11) is 2.02. The molecule has 0 saturated carbocycles. The van der Waals surface area contributed by atoms with Crippen LogP contribution in [0.25, 0.3) is 0 Å². The van der Waals surface area contributed by atoms with Crippen LogP contribution >= 0.6 is 0 Å². The number of rotatable bonds is 11. The molecule has 0 unspecified atom stereocenters. The van der Waals surface area contributed by atoms with Crippen molar-refractivity contribution < 1.29 is 15.0 Å². The Kier molecular flexibility index (Phi) is 8.18. The molecule has 0 spiro atoms. The number of amides is 1. The van der Waals surface area contributed by atoms with Gasteiger partial charge in [-0.3, -0.25) is 4.79 Å². The van der Waals surface area contributed by atoms with Crippen molar-refractivity contribution in [1.29, 1.82) is 5.41 Å². The number of carbonyl (C=O) groups excluding carboxylic acids is 1. The molecular weight excluding hydrogens is 416 g/mol. The first-order valence-electron chi connectivity index (χ1n) is 10.8. The van der Waals surface area contributed by atoms with E-state index in [1.807, 2.05) is 31.3 Å². The largest absolute Gasteiger partial charge is 0.506 e. The van der Waals surface area contributed by atoms with Crippen LogP contribution in [-0.4, -0.2) is 42.5 Å². The number of aliphatic hydroxyl groups excluding tert-OH is 1. The maximum atomic E-state index is 10.6. The highest BCUT2D eigenvalue weighted by Gasteiger charge is 2.10. The van der Waals surface area contributed by atoms with E-state index in [9.17, 15) is 15.0 Å². The molecule has 0 aromatic heterocycles. The Morgan fingerprint density at radius 1 is 1.06 bits per heavy atom. The molecule has 3 rings (SSSR count). The van der Waals surface area contributed by atoms with Crippen molar-refractivity contribution in [2.75, 3.05) is 30.4 Å². The average molecular weight is 447 g/mol. The third-order valence-corrected chi connectivity index (χ3v) is 5.56. The number of phenolic OH excluding ortho intramolecular Hbond substituents is 1. The van der Waals surface area contributed by atoms with Crippen LogP contribution in [0.4, 0.5) is 17.1 Å². The maximum Gasteiger partial charge on any atom is 0.211 e. The van der Waals surface area contributed by atoms with Gasteiger partial charge in [0.2, 0.25) is 6.41 Å². The van der Waals surface area contributed by atoms with E-state index in [0.717, 1.165) is 23.4 Å². The fraction of sp³-hybridized carbons (Fsp3) is 0.231. The van der Waals surface area contributed by atoms with Gasteiger partial charge in [-0.25, -0.2) is 0 Å². The Morgan fingerprint density at radius 3 is 2.30 bits per heavy atom. The fourth-order valence-corrected chi connectivity index (χ4v) is 3.50. The second-order valence-electron chi connectivity index (χ2n) is 7.91. The van der Waals surface area contributed by atoms with Gasteiger partial charge in [0.15, 0.2) is 0 Å². The summed E-state index contributed by atoms with van der Waals surface area (Å²) in [5.74, 6) is -0.0430. The van der Waals surface area contributed by atoms with Gasteiger partial charge in [-0.15, -0.1) is 0 Å². The minimum atomic E-state index is -0.753. The lowest BCUT2D eigenvalue weighted by Gasteiger charge is -2.20. The smallest absolute Gasteiger partial charge is 0.211 e. The van der Waals surface area contributed by atoms with Crippen LogP contribution in [0.3, 0.4) is 0 Å². The number of carbonyl (C=O) groups is 1. The van der Waals surface area contributed by atoms with Crippen LogP contribution < -0.4 is 15.5 Å². The number of nitrogens with one attached hydrogen (secondary N) is 3. The Labute approximate surface area is 194 Å². The molecule has 3 aromatic rings. The zero-order valence-corrected chi connectivity index (χ0v) is 18.9. The van der Waals surface area contributed by atoms with Crippen molar-refractivity contribution in [1.82, 2.24) is 5.32 Å². The third kappa shape index (κ3) is 6.41. The molecule has 0 aliphatic rings. The van der Waals surface area contributed by atoms with Gasteiger partial charge in [-0.2, -0.15) is 0 Å². The van der Waals surface area contributed by atoms with Crippen LogP contribution in [0, 0.1) is 5.41 Å². The normalized spacial score (nSPS) is 11.6. The van der Waals surface area contributed by atoms with E-state index >= 15 is 0 Å². The van der Waals surface area contributed by atoms with E-state index in [1.165, 1.54) is 11.6 Å². The molecule has 5 N–H and O–H groups in total. The molecule has 3 aromatic carbocycles. The van der Waals surface area contributed by atoms with Crippen molar-refractivity contribution in [2.24, 2.45) is 0 Å². The zero-order chi connectivity index (χ0) is 23.8. The topological polar surface area (TPSA) is 109 Å². The number of phenols is 1. The van der Waals surface area contributed by atoms with Crippen molar-refractivity contribution in [3.8, 4) is 5.75 Å². The highest BCUT2D eigenvalue weighted by atomic mass is 16.3. The van der Waals surface area contributed by atoms with E-state index in [0.29, 0.717) is 30.8 Å². The molecule has 33 heavy (non-hydrogen) atoms. The minimum absolute atomic E-state index is 0.0430. The monoisotopic (exact) mass is 446 g/mol. The first kappa shape index (κ1) is 24.0. The van der Waals surface area contributed by atoms with Crippen LogP contribution in [0.2, 0.25) is 0 Å². The van der Waals surface area contributed by atoms with E-state index in [-0.39, 0.29) is 11.4 Å². The Morgan fingerprint density at radius 2 is 1.70 bits per heavy atom. The number of hydrogen-bond acceptors (Lipinski definition) is 6. The predicted octanol–water partition coefficient (Wildman–Crippen LogP) is 3.98. The molecule has 0 aliphatic carbocycles. The average Bonchev–Trinajstić information content (AvgIpc) is 2.83. The van der Waals surface area contributed by atoms with Crippen LogP contribution in [0.15, 0.2) is 66.7 Å². The molecule has 0 radical (unpaired) electrons. The number of hydrogen-bond donors (Lipinski definition) is 5. The van der Waals surface area contributed by atoms with Gasteiger partial charge in [0.1, 0.15) is 5.75 Å². The van der Waals surface area contributed by atoms with Gasteiger partial charge in [-0.1, -0.05) is 30.3 Å². The fourth-order valence-electron chi connectivity index (χ4n) is 3.50. The molecule has 1 atom stereocenters. The number of aliphatic hydroxyl groups is 1. The zero-order valence-electron chi connectivity index (χ0n) is 18.9. The first-order valence-corrected chi connectivity index (χ1v) is 10.8. The second-order valence-corrected chi connectivity index (χ2v) is 7.91. The lowest BCUT2D eigenvalue weighted by atomic mass is 10.1. The summed E-state index contributed by atoms with van der Waals surface area (Å²) in [5.41, 5.74) is 5.68. The van der Waals surface area contributed by atoms with Gasteiger partial charge in [-0.05, 0) is 73.0 Å². The van der Waals surface area contributed by atoms with Crippen molar-refractivity contribution in [3.05, 3.63) is 83.4 Å². The summed E-state index contributed by atoms with van der Waals surface area (Å²) in [6.07, 6.45) is 0.551. The minimum Gasteiger partial charge on any atom is -0.506 e. The highest BCUT2D eigenvalue weighted by Crippen LogP contribution is 2.27. The second kappa shape index (κ2) is 11.3. The van der Waals surface area contributed by atoms with Crippen LogP contribution in [-0.2, 0) is 11.2 Å². The van der Waals surface area contributed by atoms with Gasteiger partial charge >= 0.3 is 0 Å². The van der Waals surface area contributed by atoms with Crippen molar-refractivity contribution in [2.45, 2.75) is 19.4 Å². The van der Waals surface area contributed by atoms with Gasteiger partial charge < -0.3 is 31.2 Å². The predicted molar refractivity (Wildman–Crippen MR) is 133 cm³/mol. The quantitative estimate of drug-likeness (QED) is 0.132. The summed E-state index contributed by atoms with van der Waals surface area (Å²) < 4.78 is 0. The molecule has 172 valence electrons. The van der Waals surface area contributed by atoms with Gasteiger partial charge in [0, 0.05) is 30.7 Å². The van der Waals surface area contributed by atoms with E-state index in [1.54, 1.807) is 19.1 Å². The summed E-state index contributed by atoms with van der Waals surface area (Å²) in [4.78, 5) is 12.7. The van der Waals surface area contributed by atoms with Gasteiger partial charge in [0.05, 0.1) is 11.8 Å². The Hall–Kier alpha value is -3.68. The van der Waals surface area contributed by atoms with Gasteiger partial charge in [0.25, 0.3) is 0 Å². The third-order valence-electron chi connectivity index (χ3n) is 5.56. The SMILES string of the molecule is CC(=N)c1ccc(N(C)c2ccc(CCNC[C@H](O)c3ccc(O)c(NC=O)c3)cc2)cc1. The molecule has 0 saturated heterocycles. The molecule has 0 aliphatic heterocycles. The number of aromatic hydroxyl groups is 1. The standard InChI is InChI=1S/C26H30N4O3/c1-18(27)20-5-10-23(11-6-20)30(2)22-8-3-19(4-9-22)13-14-28-16-26(33)21-7-12-25(32)24(15-21)29-17-31/h3-12,15,17,26-28,32-33H,13-14,16H2,1-2H3,(H,29,31)/t26-/m0/s1. The Balaban J connectivity index is 1.49. The van der Waals surface area contributed by atoms with Crippen LogP contribution in [0.1, 0.15) is 29.7 Å². The maximum absolute atomic E-state index is 10.6. The molecule has 7 nitrogen and oxygen atoms in total. The van der Waals surface area contributed by atoms with E-state index in [2.05, 4.69) is 39.8 Å². The lowest BCUT2D eigenvalue weighted by molar-refractivity contribution is -0.105. The van der Waals surface area contributed by atoms with Crippen LogP contribution in [0.5, 0.6) is 5.75 Å². The molecule has 0 bridgehead atoms. The van der Waals surface area contributed by atoms with E-state index in [4.69, 9.17) is 5.41 Å². The molecule has 0 fully saturated rings. The van der Waals surface area contributed by atoms with Crippen molar-refractivity contribution in [3.63, 3.8) is 0 Å². The summed E-state index contributed by atoms with van der Waals surface area (Å²) >= 11 is 0. The highest BCUT2D eigenvalue weighted by molar-refractivity contribution is 5.96. The summed E-state index contributed by atoms with van der Waals surface area (Å²) in [5, 5.41) is 33.5. The number of nitrogens with zero attached hydrogens (tertiary/aromatic N) is 1. The van der Waals surface area contributed by atoms with Crippen molar-refractivity contribution >= 4 is 29.2 Å². The summed E-state index contributed by atoms with van der Waals surface area (Å²) in [6.45, 7) is 2.84. The number of anilines is 3. The summed E-state index contributed by atoms with van der Waals surface area (Å²) in [6, 6.07) is 20.9. The molecule has 0 heterocycles. The molecule has 7 heteroatoms. The first-order chi connectivity index (χ1) is 15.9. The molecular formula is C26H30N4O3.